The summed E-state index contributed by atoms with van der Waals surface area (Å²) in [5, 5.41) is 0. The van der Waals surface area contributed by atoms with Gasteiger partial charge in [-0.05, 0) is 42.3 Å². The molecule has 1 heterocycles. The third kappa shape index (κ3) is 6.22. The van der Waals surface area contributed by atoms with Crippen LogP contribution in [0.4, 0.5) is 0 Å². The van der Waals surface area contributed by atoms with E-state index < -0.39 is 0 Å². The first-order valence-electron chi connectivity index (χ1n) is 11.1. The molecule has 0 aliphatic heterocycles. The third-order valence-corrected chi connectivity index (χ3v) is 5.46. The van der Waals surface area contributed by atoms with E-state index in [4.69, 9.17) is 9.72 Å². The number of nitrogens with zero attached hydrogens (tertiary/aromatic N) is 2. The molecule has 0 N–H and O–H groups in total. The number of hydrogen-bond acceptors (Lipinski definition) is 2. The van der Waals surface area contributed by atoms with Gasteiger partial charge in [-0.3, -0.25) is 0 Å². The minimum atomic E-state index is 0.879. The van der Waals surface area contributed by atoms with Gasteiger partial charge in [0.1, 0.15) is 11.6 Å². The van der Waals surface area contributed by atoms with E-state index in [9.17, 15) is 0 Å². The quantitative estimate of drug-likeness (QED) is 0.302. The van der Waals surface area contributed by atoms with Crippen LogP contribution in [0, 0.1) is 0 Å². The van der Waals surface area contributed by atoms with Crippen molar-refractivity contribution in [1.82, 2.24) is 9.55 Å². The van der Waals surface area contributed by atoms with Gasteiger partial charge in [0.15, 0.2) is 0 Å². The highest BCUT2D eigenvalue weighted by molar-refractivity contribution is 5.79. The Hall–Kier alpha value is -2.55. The van der Waals surface area contributed by atoms with E-state index in [2.05, 4.69) is 60.0 Å². The highest BCUT2D eigenvalue weighted by Gasteiger charge is 2.07. The molecule has 0 spiro atoms. The first-order chi connectivity index (χ1) is 14.3. The molecule has 3 heteroatoms. The molecule has 154 valence electrons. The van der Waals surface area contributed by atoms with E-state index in [-0.39, 0.29) is 0 Å². The zero-order valence-electron chi connectivity index (χ0n) is 17.9. The van der Waals surface area contributed by atoms with Crippen molar-refractivity contribution in [1.29, 1.82) is 0 Å². The molecule has 2 aromatic carbocycles. The first kappa shape index (κ1) is 21.2. The molecule has 29 heavy (non-hydrogen) atoms. The van der Waals surface area contributed by atoms with Gasteiger partial charge in [-0.15, -0.1) is 0 Å². The van der Waals surface area contributed by atoms with Crippen molar-refractivity contribution in [3.63, 3.8) is 0 Å². The zero-order valence-corrected chi connectivity index (χ0v) is 17.9. The monoisotopic (exact) mass is 390 g/mol. The number of aryl methyl sites for hydroxylation is 1. The number of rotatable bonds is 12. The molecule has 3 aromatic rings. The van der Waals surface area contributed by atoms with Crippen molar-refractivity contribution in [3.05, 3.63) is 59.9 Å². The number of unbranched alkanes of at least 4 members (excludes halogenated alkanes) is 7. The highest BCUT2D eigenvalue weighted by atomic mass is 16.5. The summed E-state index contributed by atoms with van der Waals surface area (Å²) in [6, 6.07) is 16.6. The molecule has 0 fully saturated rings. The summed E-state index contributed by atoms with van der Waals surface area (Å²) in [7, 11) is 1.69. The second kappa shape index (κ2) is 11.5. The van der Waals surface area contributed by atoms with Crippen LogP contribution in [0.3, 0.4) is 0 Å². The van der Waals surface area contributed by atoms with Gasteiger partial charge in [-0.25, -0.2) is 4.98 Å². The standard InChI is InChI=1S/C26H34N2O/c1-3-4-5-6-7-8-9-12-21-28-25-14-11-10-13-24(25)27-26(28)20-17-22-15-18-23(29-2)19-16-22/h10-11,13-20H,3-9,12,21H2,1-2H3/b20-17+. The second-order valence-electron chi connectivity index (χ2n) is 7.69. The molecule has 0 bridgehead atoms. The Balaban J connectivity index is 1.63. The van der Waals surface area contributed by atoms with Crippen LogP contribution in [0.25, 0.3) is 23.2 Å². The number of ether oxygens (including phenoxy) is 1. The molecule has 3 nitrogen and oxygen atoms in total. The van der Waals surface area contributed by atoms with Crippen molar-refractivity contribution < 1.29 is 4.74 Å². The number of hydrogen-bond donors (Lipinski definition) is 0. The van der Waals surface area contributed by atoms with Crippen LogP contribution in [0.15, 0.2) is 48.5 Å². The molecule has 0 amide bonds. The number of aromatic nitrogens is 2. The van der Waals surface area contributed by atoms with Gasteiger partial charge < -0.3 is 9.30 Å². The van der Waals surface area contributed by atoms with E-state index in [0.29, 0.717) is 0 Å². The van der Waals surface area contributed by atoms with Gasteiger partial charge in [0.05, 0.1) is 18.1 Å². The Morgan fingerprint density at radius 2 is 1.52 bits per heavy atom. The van der Waals surface area contributed by atoms with Crippen molar-refractivity contribution in [2.45, 2.75) is 64.8 Å². The van der Waals surface area contributed by atoms with Gasteiger partial charge in [0.2, 0.25) is 0 Å². The van der Waals surface area contributed by atoms with E-state index in [0.717, 1.165) is 29.2 Å². The molecule has 3 rings (SSSR count). The normalized spacial score (nSPS) is 11.5. The Kier molecular flexibility index (Phi) is 8.36. The maximum atomic E-state index is 5.24. The van der Waals surface area contributed by atoms with Crippen LogP contribution in [0.2, 0.25) is 0 Å². The SMILES string of the molecule is CCCCCCCCCCn1c(/C=C/c2ccc(OC)cc2)nc2ccccc21. The van der Waals surface area contributed by atoms with E-state index in [1.807, 2.05) is 12.1 Å². The van der Waals surface area contributed by atoms with Crippen LogP contribution >= 0.6 is 0 Å². The van der Waals surface area contributed by atoms with Crippen LogP contribution in [0.1, 0.15) is 69.7 Å². The summed E-state index contributed by atoms with van der Waals surface area (Å²) >= 11 is 0. The highest BCUT2D eigenvalue weighted by Crippen LogP contribution is 2.20. The topological polar surface area (TPSA) is 27.1 Å². The van der Waals surface area contributed by atoms with Crippen LogP contribution in [0.5, 0.6) is 5.75 Å². The minimum Gasteiger partial charge on any atom is -0.497 e. The largest absolute Gasteiger partial charge is 0.497 e. The fourth-order valence-electron chi connectivity index (χ4n) is 3.75. The van der Waals surface area contributed by atoms with Gasteiger partial charge in [0.25, 0.3) is 0 Å². The average molecular weight is 391 g/mol. The number of methoxy groups -OCH3 is 1. The molecule has 0 unspecified atom stereocenters. The first-order valence-corrected chi connectivity index (χ1v) is 11.1. The second-order valence-corrected chi connectivity index (χ2v) is 7.69. The molecular weight excluding hydrogens is 356 g/mol. The van der Waals surface area contributed by atoms with Gasteiger partial charge >= 0.3 is 0 Å². The van der Waals surface area contributed by atoms with Crippen LogP contribution < -0.4 is 4.74 Å². The number of para-hydroxylation sites is 2. The maximum Gasteiger partial charge on any atom is 0.133 e. The smallest absolute Gasteiger partial charge is 0.133 e. The lowest BCUT2D eigenvalue weighted by molar-refractivity contribution is 0.415. The Bertz CT molecular complexity index is 893. The maximum absolute atomic E-state index is 5.24. The van der Waals surface area contributed by atoms with Gasteiger partial charge in [-0.1, -0.05) is 82.2 Å². The summed E-state index contributed by atoms with van der Waals surface area (Å²) in [4.78, 5) is 4.86. The predicted molar refractivity (Wildman–Crippen MR) is 124 cm³/mol. The Labute approximate surface area is 175 Å². The van der Waals surface area contributed by atoms with E-state index in [1.54, 1.807) is 7.11 Å². The lowest BCUT2D eigenvalue weighted by atomic mass is 10.1. The summed E-state index contributed by atoms with van der Waals surface area (Å²) in [6.45, 7) is 3.30. The van der Waals surface area contributed by atoms with Gasteiger partial charge in [0, 0.05) is 6.54 Å². The molecule has 0 atom stereocenters. The lowest BCUT2D eigenvalue weighted by Gasteiger charge is -2.07. The fraction of sp³-hybridized carbons (Fsp3) is 0.423. The van der Waals surface area contributed by atoms with Crippen molar-refractivity contribution >= 4 is 23.2 Å². The summed E-state index contributed by atoms with van der Waals surface area (Å²) in [5.74, 6) is 1.91. The number of fused-ring (bicyclic) bond motifs is 1. The Morgan fingerprint density at radius 1 is 0.828 bits per heavy atom. The number of imidazole rings is 1. The van der Waals surface area contributed by atoms with Gasteiger partial charge in [-0.2, -0.15) is 0 Å². The molecular formula is C26H34N2O. The van der Waals surface area contributed by atoms with E-state index >= 15 is 0 Å². The fourth-order valence-corrected chi connectivity index (χ4v) is 3.75. The number of benzene rings is 2. The molecule has 0 aliphatic rings. The third-order valence-electron chi connectivity index (χ3n) is 5.46. The predicted octanol–water partition coefficient (Wildman–Crippen LogP) is 7.36. The Morgan fingerprint density at radius 3 is 2.24 bits per heavy atom. The summed E-state index contributed by atoms with van der Waals surface area (Å²) in [6.07, 6.45) is 14.9. The molecule has 0 radical (unpaired) electrons. The van der Waals surface area contributed by atoms with Crippen LogP contribution in [-0.4, -0.2) is 16.7 Å². The molecule has 0 aliphatic carbocycles. The average Bonchev–Trinajstić information content (AvgIpc) is 3.12. The molecule has 0 saturated heterocycles. The van der Waals surface area contributed by atoms with E-state index in [1.165, 1.54) is 56.9 Å². The van der Waals surface area contributed by atoms with Crippen molar-refractivity contribution in [3.8, 4) is 5.75 Å². The molecule has 0 saturated carbocycles. The van der Waals surface area contributed by atoms with Crippen LogP contribution in [-0.2, 0) is 6.54 Å². The van der Waals surface area contributed by atoms with Crippen molar-refractivity contribution in [2.24, 2.45) is 0 Å². The zero-order chi connectivity index (χ0) is 20.3. The molecule has 1 aromatic heterocycles. The summed E-state index contributed by atoms with van der Waals surface area (Å²) in [5.41, 5.74) is 3.45. The summed E-state index contributed by atoms with van der Waals surface area (Å²) < 4.78 is 7.61. The van der Waals surface area contributed by atoms with Crippen molar-refractivity contribution in [2.75, 3.05) is 7.11 Å². The lowest BCUT2D eigenvalue weighted by Crippen LogP contribution is -2.00. The minimum absolute atomic E-state index is 0.879.